The molecule has 0 aliphatic carbocycles. The summed E-state index contributed by atoms with van der Waals surface area (Å²) in [5, 5.41) is 7.59. The summed E-state index contributed by atoms with van der Waals surface area (Å²) in [7, 11) is 0. The molecule has 0 aromatic rings. The van der Waals surface area contributed by atoms with E-state index in [4.69, 9.17) is 11.1 Å². The summed E-state index contributed by atoms with van der Waals surface area (Å²) >= 11 is 0. The van der Waals surface area contributed by atoms with Gasteiger partial charge in [0.15, 0.2) is 0 Å². The molecule has 0 amide bonds. The Bertz CT molecular complexity index is 284. The van der Waals surface area contributed by atoms with Gasteiger partial charge in [0.05, 0.1) is 5.84 Å². The lowest BCUT2D eigenvalue weighted by molar-refractivity contribution is 0.257. The molecule has 3 heteroatoms. The first-order chi connectivity index (χ1) is 8.83. The molecule has 0 spiro atoms. The Hall–Kier alpha value is -0.570. The lowest BCUT2D eigenvalue weighted by atomic mass is 9.86. The first-order valence-corrected chi connectivity index (χ1v) is 7.90. The van der Waals surface area contributed by atoms with Gasteiger partial charge in [-0.05, 0) is 63.6 Å². The quantitative estimate of drug-likeness (QED) is 0.572. The second-order valence-electron chi connectivity index (χ2n) is 7.18. The number of likely N-dealkylation sites (tertiary alicyclic amines) is 1. The molecule has 1 heterocycles. The molecule has 1 fully saturated rings. The van der Waals surface area contributed by atoms with Crippen LogP contribution in [0.25, 0.3) is 0 Å². The zero-order chi connectivity index (χ0) is 14.5. The van der Waals surface area contributed by atoms with Crippen molar-refractivity contribution in [1.82, 2.24) is 4.90 Å². The van der Waals surface area contributed by atoms with E-state index in [1.54, 1.807) is 0 Å². The van der Waals surface area contributed by atoms with E-state index in [0.717, 1.165) is 24.7 Å². The van der Waals surface area contributed by atoms with Crippen LogP contribution in [0.5, 0.6) is 0 Å². The molecule has 0 bridgehead atoms. The molecule has 0 aromatic carbocycles. The highest BCUT2D eigenvalue weighted by Crippen LogP contribution is 2.26. The molecule has 112 valence electrons. The summed E-state index contributed by atoms with van der Waals surface area (Å²) in [6, 6.07) is 0. The van der Waals surface area contributed by atoms with Gasteiger partial charge in [0, 0.05) is 5.41 Å². The van der Waals surface area contributed by atoms with Crippen molar-refractivity contribution < 1.29 is 0 Å². The van der Waals surface area contributed by atoms with Crippen LogP contribution in [0.15, 0.2) is 0 Å². The number of nitrogens with zero attached hydrogens (tertiary/aromatic N) is 1. The molecule has 3 nitrogen and oxygen atoms in total. The Kier molecular flexibility index (Phi) is 6.31. The van der Waals surface area contributed by atoms with Crippen LogP contribution in [0.1, 0.15) is 59.8 Å². The maximum atomic E-state index is 7.59. The van der Waals surface area contributed by atoms with Crippen LogP contribution < -0.4 is 5.73 Å². The third kappa shape index (κ3) is 5.52. The Balaban J connectivity index is 2.29. The second kappa shape index (κ2) is 7.28. The Morgan fingerprint density at radius 3 is 2.58 bits per heavy atom. The highest BCUT2D eigenvalue weighted by molar-refractivity contribution is 5.82. The minimum atomic E-state index is -0.133. The third-order valence-electron chi connectivity index (χ3n) is 4.81. The van der Waals surface area contributed by atoms with E-state index in [2.05, 4.69) is 32.6 Å². The van der Waals surface area contributed by atoms with Gasteiger partial charge in [-0.15, -0.1) is 0 Å². The van der Waals surface area contributed by atoms with Crippen LogP contribution in [-0.4, -0.2) is 30.4 Å². The first kappa shape index (κ1) is 16.5. The SMILES string of the molecule is CC(C)C1CCCN(CCCC(C)(C)C(=N)N)CC1. The zero-order valence-electron chi connectivity index (χ0n) is 13.3. The third-order valence-corrected chi connectivity index (χ3v) is 4.81. The molecule has 1 rings (SSSR count). The summed E-state index contributed by atoms with van der Waals surface area (Å²) in [5.41, 5.74) is 5.50. The van der Waals surface area contributed by atoms with Crippen molar-refractivity contribution in [3.05, 3.63) is 0 Å². The van der Waals surface area contributed by atoms with Gasteiger partial charge in [-0.3, -0.25) is 5.41 Å². The fourth-order valence-corrected chi connectivity index (χ4v) is 2.95. The van der Waals surface area contributed by atoms with E-state index in [9.17, 15) is 0 Å². The van der Waals surface area contributed by atoms with E-state index in [-0.39, 0.29) is 5.41 Å². The molecule has 19 heavy (non-hydrogen) atoms. The predicted molar refractivity (Wildman–Crippen MR) is 83.5 cm³/mol. The number of nitrogens with two attached hydrogens (primary N) is 1. The fourth-order valence-electron chi connectivity index (χ4n) is 2.95. The zero-order valence-corrected chi connectivity index (χ0v) is 13.3. The Labute approximate surface area is 119 Å². The molecule has 0 aromatic heterocycles. The van der Waals surface area contributed by atoms with Gasteiger partial charge in [-0.1, -0.05) is 27.7 Å². The highest BCUT2D eigenvalue weighted by atomic mass is 15.1. The van der Waals surface area contributed by atoms with E-state index in [1.165, 1.54) is 38.9 Å². The monoisotopic (exact) mass is 267 g/mol. The smallest absolute Gasteiger partial charge is 0.0963 e. The van der Waals surface area contributed by atoms with Crippen molar-refractivity contribution in [2.45, 2.75) is 59.8 Å². The average Bonchev–Trinajstić information content (AvgIpc) is 2.54. The largest absolute Gasteiger partial charge is 0.387 e. The number of hydrogen-bond acceptors (Lipinski definition) is 2. The summed E-state index contributed by atoms with van der Waals surface area (Å²) in [6.07, 6.45) is 6.27. The molecule has 1 saturated heterocycles. The van der Waals surface area contributed by atoms with Gasteiger partial charge >= 0.3 is 0 Å². The minimum Gasteiger partial charge on any atom is -0.387 e. The molecular weight excluding hydrogens is 234 g/mol. The van der Waals surface area contributed by atoms with Crippen LogP contribution in [-0.2, 0) is 0 Å². The summed E-state index contributed by atoms with van der Waals surface area (Å²) in [5.74, 6) is 2.07. The van der Waals surface area contributed by atoms with E-state index >= 15 is 0 Å². The van der Waals surface area contributed by atoms with Crippen LogP contribution in [0, 0.1) is 22.7 Å². The maximum absolute atomic E-state index is 7.59. The number of hydrogen-bond donors (Lipinski definition) is 2. The van der Waals surface area contributed by atoms with E-state index in [1.807, 2.05) is 0 Å². The number of amidine groups is 1. The molecule has 1 atom stereocenters. The lowest BCUT2D eigenvalue weighted by Gasteiger charge is -2.26. The van der Waals surface area contributed by atoms with Crippen LogP contribution in [0.2, 0.25) is 0 Å². The Morgan fingerprint density at radius 2 is 2.00 bits per heavy atom. The van der Waals surface area contributed by atoms with Crippen molar-refractivity contribution in [1.29, 1.82) is 5.41 Å². The summed E-state index contributed by atoms with van der Waals surface area (Å²) in [6.45, 7) is 12.5. The van der Waals surface area contributed by atoms with E-state index < -0.39 is 0 Å². The van der Waals surface area contributed by atoms with Crippen molar-refractivity contribution in [3.63, 3.8) is 0 Å². The normalized spacial score (nSPS) is 22.5. The van der Waals surface area contributed by atoms with E-state index in [0.29, 0.717) is 5.84 Å². The van der Waals surface area contributed by atoms with Crippen LogP contribution in [0.3, 0.4) is 0 Å². The minimum absolute atomic E-state index is 0.133. The van der Waals surface area contributed by atoms with Crippen LogP contribution in [0.4, 0.5) is 0 Å². The lowest BCUT2D eigenvalue weighted by Crippen LogP contribution is -2.32. The molecule has 0 saturated carbocycles. The highest BCUT2D eigenvalue weighted by Gasteiger charge is 2.22. The van der Waals surface area contributed by atoms with Crippen molar-refractivity contribution in [2.24, 2.45) is 23.0 Å². The predicted octanol–water partition coefficient (Wildman–Crippen LogP) is 3.49. The maximum Gasteiger partial charge on any atom is 0.0963 e. The molecular formula is C16H33N3. The van der Waals surface area contributed by atoms with Crippen molar-refractivity contribution in [2.75, 3.05) is 19.6 Å². The fraction of sp³-hybridized carbons (Fsp3) is 0.938. The van der Waals surface area contributed by atoms with Crippen molar-refractivity contribution >= 4 is 5.84 Å². The van der Waals surface area contributed by atoms with Crippen LogP contribution >= 0.6 is 0 Å². The molecule has 1 unspecified atom stereocenters. The molecule has 1 aliphatic heterocycles. The van der Waals surface area contributed by atoms with Gasteiger partial charge in [0.1, 0.15) is 0 Å². The van der Waals surface area contributed by atoms with Gasteiger partial charge in [0.25, 0.3) is 0 Å². The summed E-state index contributed by atoms with van der Waals surface area (Å²) in [4.78, 5) is 2.61. The standard InChI is InChI=1S/C16H33N3/c1-13(2)14-7-5-10-19(12-8-14)11-6-9-16(3,4)15(17)18/h13-14H,5-12H2,1-4H3,(H3,17,18). The second-order valence-corrected chi connectivity index (χ2v) is 7.18. The number of rotatable bonds is 6. The average molecular weight is 267 g/mol. The van der Waals surface area contributed by atoms with Gasteiger partial charge in [-0.2, -0.15) is 0 Å². The number of nitrogens with one attached hydrogen (secondary N) is 1. The molecule has 3 N–H and O–H groups in total. The molecule has 1 aliphatic rings. The van der Waals surface area contributed by atoms with Gasteiger partial charge in [0.2, 0.25) is 0 Å². The molecule has 0 radical (unpaired) electrons. The topological polar surface area (TPSA) is 53.1 Å². The Morgan fingerprint density at radius 1 is 1.32 bits per heavy atom. The summed E-state index contributed by atoms with van der Waals surface area (Å²) < 4.78 is 0. The van der Waals surface area contributed by atoms with Gasteiger partial charge in [-0.25, -0.2) is 0 Å². The van der Waals surface area contributed by atoms with Crippen molar-refractivity contribution in [3.8, 4) is 0 Å². The van der Waals surface area contributed by atoms with Gasteiger partial charge < -0.3 is 10.6 Å². The first-order valence-electron chi connectivity index (χ1n) is 7.90.